The molecule has 0 fully saturated rings. The Kier molecular flexibility index (Phi) is 6.51. The minimum Gasteiger partial charge on any atom is -0.496 e. The topological polar surface area (TPSA) is 58.6 Å². The van der Waals surface area contributed by atoms with E-state index in [1.807, 2.05) is 18.2 Å². The molecule has 0 heterocycles. The van der Waals surface area contributed by atoms with E-state index in [4.69, 9.17) is 4.74 Å². The summed E-state index contributed by atoms with van der Waals surface area (Å²) in [7, 11) is 1.55. The van der Waals surface area contributed by atoms with Crippen molar-refractivity contribution in [3.05, 3.63) is 65.5 Å². The fraction of sp³-hybridized carbons (Fsp3) is 0.263. The van der Waals surface area contributed by atoms with Crippen LogP contribution < -0.4 is 10.1 Å². The fourth-order valence-corrected chi connectivity index (χ4v) is 2.38. The molecule has 0 saturated heterocycles. The molecule has 132 valence electrons. The third kappa shape index (κ3) is 5.31. The normalized spacial score (nSPS) is 10.2. The van der Waals surface area contributed by atoms with Gasteiger partial charge in [-0.3, -0.25) is 9.59 Å². The number of carbonyl (C=O) groups is 2. The molecule has 5 nitrogen and oxygen atoms in total. The second-order valence-electron chi connectivity index (χ2n) is 5.56. The first-order chi connectivity index (χ1) is 12.0. The average Bonchev–Trinajstić information content (AvgIpc) is 2.60. The average molecular weight is 344 g/mol. The summed E-state index contributed by atoms with van der Waals surface area (Å²) in [5, 5.41) is 2.64. The molecule has 2 aromatic rings. The van der Waals surface area contributed by atoms with E-state index in [0.717, 1.165) is 5.56 Å². The zero-order chi connectivity index (χ0) is 18.2. The maximum atomic E-state index is 13.6. The zero-order valence-corrected chi connectivity index (χ0v) is 14.3. The van der Waals surface area contributed by atoms with Gasteiger partial charge in [-0.2, -0.15) is 0 Å². The van der Waals surface area contributed by atoms with E-state index >= 15 is 0 Å². The molecule has 0 atom stereocenters. The summed E-state index contributed by atoms with van der Waals surface area (Å²) in [6.45, 7) is 1.62. The Morgan fingerprint density at radius 1 is 1.08 bits per heavy atom. The first-order valence-corrected chi connectivity index (χ1v) is 7.88. The lowest BCUT2D eigenvalue weighted by Crippen LogP contribution is -2.39. The third-order valence-electron chi connectivity index (χ3n) is 3.77. The quantitative estimate of drug-likeness (QED) is 0.840. The predicted molar refractivity (Wildman–Crippen MR) is 92.3 cm³/mol. The first-order valence-electron chi connectivity index (χ1n) is 7.88. The highest BCUT2D eigenvalue weighted by atomic mass is 19.1. The van der Waals surface area contributed by atoms with E-state index in [1.54, 1.807) is 31.4 Å². The van der Waals surface area contributed by atoms with Crippen molar-refractivity contribution in [1.29, 1.82) is 0 Å². The number of para-hydroxylation sites is 1. The molecule has 2 amide bonds. The van der Waals surface area contributed by atoms with Crippen LogP contribution in [0.1, 0.15) is 18.1 Å². The van der Waals surface area contributed by atoms with Gasteiger partial charge in [0.05, 0.1) is 13.7 Å². The number of ether oxygens (including phenoxy) is 1. The summed E-state index contributed by atoms with van der Waals surface area (Å²) in [6, 6.07) is 13.5. The minimum absolute atomic E-state index is 0.0753. The molecule has 0 aliphatic carbocycles. The van der Waals surface area contributed by atoms with Crippen molar-refractivity contribution in [2.75, 3.05) is 13.7 Å². The van der Waals surface area contributed by atoms with E-state index in [0.29, 0.717) is 11.3 Å². The van der Waals surface area contributed by atoms with E-state index < -0.39 is 0 Å². The molecule has 0 bridgehead atoms. The molecule has 0 unspecified atom stereocenters. The van der Waals surface area contributed by atoms with Crippen LogP contribution in [0.25, 0.3) is 0 Å². The maximum Gasteiger partial charge on any atom is 0.239 e. The van der Waals surface area contributed by atoms with Crippen molar-refractivity contribution in [2.45, 2.75) is 20.0 Å². The van der Waals surface area contributed by atoms with Crippen LogP contribution in [0, 0.1) is 5.82 Å². The zero-order valence-electron chi connectivity index (χ0n) is 14.3. The number of rotatable bonds is 7. The minimum atomic E-state index is -0.375. The number of hydrogen-bond acceptors (Lipinski definition) is 3. The van der Waals surface area contributed by atoms with Crippen LogP contribution in [-0.4, -0.2) is 30.4 Å². The van der Waals surface area contributed by atoms with Crippen molar-refractivity contribution >= 4 is 11.8 Å². The number of nitrogens with one attached hydrogen (secondary N) is 1. The lowest BCUT2D eigenvalue weighted by molar-refractivity contribution is -0.135. The number of amides is 2. The van der Waals surface area contributed by atoms with Crippen molar-refractivity contribution in [3.63, 3.8) is 0 Å². The van der Waals surface area contributed by atoms with Crippen LogP contribution in [0.5, 0.6) is 5.75 Å². The van der Waals surface area contributed by atoms with Crippen LogP contribution in [0.4, 0.5) is 4.39 Å². The second kappa shape index (κ2) is 8.82. The van der Waals surface area contributed by atoms with E-state index in [2.05, 4.69) is 5.32 Å². The summed E-state index contributed by atoms with van der Waals surface area (Å²) >= 11 is 0. The summed E-state index contributed by atoms with van der Waals surface area (Å²) < 4.78 is 18.8. The lowest BCUT2D eigenvalue weighted by Gasteiger charge is -2.21. The Bertz CT molecular complexity index is 749. The van der Waals surface area contributed by atoms with E-state index in [9.17, 15) is 14.0 Å². The smallest absolute Gasteiger partial charge is 0.239 e. The highest BCUT2D eigenvalue weighted by molar-refractivity contribution is 5.83. The number of carbonyl (C=O) groups excluding carboxylic acids is 2. The van der Waals surface area contributed by atoms with E-state index in [-0.39, 0.29) is 37.3 Å². The number of halogens is 1. The molecule has 6 heteroatoms. The molecule has 0 aromatic heterocycles. The summed E-state index contributed by atoms with van der Waals surface area (Å²) in [6.07, 6.45) is 0. The Labute approximate surface area is 146 Å². The first kappa shape index (κ1) is 18.4. The summed E-state index contributed by atoms with van der Waals surface area (Å²) in [5.74, 6) is -0.305. The van der Waals surface area contributed by atoms with Gasteiger partial charge in [0.25, 0.3) is 0 Å². The highest BCUT2D eigenvalue weighted by Gasteiger charge is 2.16. The number of benzene rings is 2. The SMILES string of the molecule is COc1ccccc1CN(CC(=O)NCc1ccccc1F)C(C)=O. The molecule has 0 radical (unpaired) electrons. The predicted octanol–water partition coefficient (Wildman–Crippen LogP) is 2.50. The molecule has 25 heavy (non-hydrogen) atoms. The van der Waals surface area contributed by atoms with Gasteiger partial charge in [0.2, 0.25) is 11.8 Å². The highest BCUT2D eigenvalue weighted by Crippen LogP contribution is 2.19. The number of hydrogen-bond donors (Lipinski definition) is 1. The second-order valence-corrected chi connectivity index (χ2v) is 5.56. The molecule has 1 N–H and O–H groups in total. The van der Waals surface area contributed by atoms with Crippen LogP contribution in [0.3, 0.4) is 0 Å². The van der Waals surface area contributed by atoms with E-state index in [1.165, 1.54) is 17.9 Å². The molecular formula is C19H21FN2O3. The monoisotopic (exact) mass is 344 g/mol. The van der Waals surface area contributed by atoms with Gasteiger partial charge >= 0.3 is 0 Å². The van der Waals surface area contributed by atoms with Gasteiger partial charge in [0, 0.05) is 31.1 Å². The Balaban J connectivity index is 1.98. The third-order valence-corrected chi connectivity index (χ3v) is 3.77. The summed E-state index contributed by atoms with van der Waals surface area (Å²) in [5.41, 5.74) is 1.21. The van der Waals surface area contributed by atoms with Crippen molar-refractivity contribution < 1.29 is 18.7 Å². The Morgan fingerprint density at radius 2 is 1.72 bits per heavy atom. The molecule has 2 aromatic carbocycles. The Morgan fingerprint density at radius 3 is 2.36 bits per heavy atom. The van der Waals surface area contributed by atoms with Crippen LogP contribution in [-0.2, 0) is 22.7 Å². The number of methoxy groups -OCH3 is 1. The van der Waals surface area contributed by atoms with Crippen molar-refractivity contribution in [2.24, 2.45) is 0 Å². The molecule has 0 aliphatic heterocycles. The Hall–Kier alpha value is -2.89. The number of nitrogens with zero attached hydrogens (tertiary/aromatic N) is 1. The van der Waals surface area contributed by atoms with Crippen LogP contribution in [0.15, 0.2) is 48.5 Å². The fourth-order valence-electron chi connectivity index (χ4n) is 2.38. The van der Waals surface area contributed by atoms with Gasteiger partial charge in [-0.05, 0) is 12.1 Å². The van der Waals surface area contributed by atoms with Gasteiger partial charge in [0.1, 0.15) is 11.6 Å². The molecule has 0 saturated carbocycles. The molecule has 2 rings (SSSR count). The van der Waals surface area contributed by atoms with Gasteiger partial charge in [-0.15, -0.1) is 0 Å². The van der Waals surface area contributed by atoms with Gasteiger partial charge in [-0.1, -0.05) is 36.4 Å². The van der Waals surface area contributed by atoms with Crippen LogP contribution in [0.2, 0.25) is 0 Å². The van der Waals surface area contributed by atoms with Gasteiger partial charge in [-0.25, -0.2) is 4.39 Å². The maximum absolute atomic E-state index is 13.6. The molecule has 0 spiro atoms. The van der Waals surface area contributed by atoms with Gasteiger partial charge in [0.15, 0.2) is 0 Å². The van der Waals surface area contributed by atoms with Crippen molar-refractivity contribution in [1.82, 2.24) is 10.2 Å². The lowest BCUT2D eigenvalue weighted by atomic mass is 10.2. The standard InChI is InChI=1S/C19H21FN2O3/c1-14(23)22(12-16-8-4-6-10-18(16)25-2)13-19(24)21-11-15-7-3-5-9-17(15)20/h3-10H,11-13H2,1-2H3,(H,21,24). The molecule has 0 aliphatic rings. The largest absolute Gasteiger partial charge is 0.496 e. The van der Waals surface area contributed by atoms with Crippen LogP contribution >= 0.6 is 0 Å². The molecular weight excluding hydrogens is 323 g/mol. The van der Waals surface area contributed by atoms with Gasteiger partial charge < -0.3 is 15.0 Å². The summed E-state index contributed by atoms with van der Waals surface area (Å²) in [4.78, 5) is 25.4. The van der Waals surface area contributed by atoms with Crippen molar-refractivity contribution in [3.8, 4) is 5.75 Å².